The van der Waals surface area contributed by atoms with Crippen LogP contribution in [-0.2, 0) is 14.3 Å². The predicted molar refractivity (Wildman–Crippen MR) is 51.0 cm³/mol. The molecule has 0 heterocycles. The predicted octanol–water partition coefficient (Wildman–Crippen LogP) is 1.11. The number of hydrogen-bond donors (Lipinski definition) is 1. The van der Waals surface area contributed by atoms with Crippen LogP contribution < -0.4 is 5.32 Å². The minimum absolute atomic E-state index is 0.00102. The Morgan fingerprint density at radius 2 is 2.06 bits per heavy atom. The molecule has 0 aromatic heterocycles. The van der Waals surface area contributed by atoms with Crippen molar-refractivity contribution >= 4 is 5.97 Å². The van der Waals surface area contributed by atoms with E-state index >= 15 is 0 Å². The highest BCUT2D eigenvalue weighted by Crippen LogP contribution is 2.20. The zero-order valence-electron chi connectivity index (χ0n) is 9.26. The van der Waals surface area contributed by atoms with Crippen molar-refractivity contribution in [1.29, 1.82) is 0 Å². The van der Waals surface area contributed by atoms with Crippen molar-refractivity contribution in [3.8, 4) is 0 Å². The second-order valence-electron chi connectivity index (χ2n) is 3.16. The van der Waals surface area contributed by atoms with Crippen molar-refractivity contribution in [1.82, 2.24) is 5.32 Å². The quantitative estimate of drug-likeness (QED) is 0.537. The SMILES string of the molecule is CNC(COCCCC(F)(F)F)C(=O)OC. The third kappa shape index (κ3) is 7.47. The Morgan fingerprint density at radius 3 is 2.50 bits per heavy atom. The maximum Gasteiger partial charge on any atom is 0.389 e. The Kier molecular flexibility index (Phi) is 7.07. The molecule has 0 aromatic rings. The summed E-state index contributed by atoms with van der Waals surface area (Å²) in [5.41, 5.74) is 0. The van der Waals surface area contributed by atoms with E-state index in [2.05, 4.69) is 10.1 Å². The van der Waals surface area contributed by atoms with Crippen molar-refractivity contribution in [3.05, 3.63) is 0 Å². The van der Waals surface area contributed by atoms with E-state index in [1.807, 2.05) is 0 Å². The molecular weight excluding hydrogens is 227 g/mol. The molecule has 16 heavy (non-hydrogen) atoms. The van der Waals surface area contributed by atoms with Gasteiger partial charge in [0.2, 0.25) is 0 Å². The van der Waals surface area contributed by atoms with E-state index in [1.54, 1.807) is 7.05 Å². The zero-order valence-corrected chi connectivity index (χ0v) is 9.26. The summed E-state index contributed by atoms with van der Waals surface area (Å²) in [5, 5.41) is 2.64. The molecule has 0 saturated carbocycles. The maximum atomic E-state index is 11.7. The number of ether oxygens (including phenoxy) is 2. The Hall–Kier alpha value is -0.820. The lowest BCUT2D eigenvalue weighted by molar-refractivity contribution is -0.146. The summed E-state index contributed by atoms with van der Waals surface area (Å²) < 4.78 is 44.6. The van der Waals surface area contributed by atoms with Crippen LogP contribution in [0.3, 0.4) is 0 Å². The van der Waals surface area contributed by atoms with Gasteiger partial charge in [-0.25, -0.2) is 0 Å². The van der Waals surface area contributed by atoms with Gasteiger partial charge in [0.05, 0.1) is 13.7 Å². The van der Waals surface area contributed by atoms with Crippen LogP contribution >= 0.6 is 0 Å². The molecule has 0 amide bonds. The molecule has 0 rings (SSSR count). The first kappa shape index (κ1) is 15.2. The third-order valence-electron chi connectivity index (χ3n) is 1.87. The average Bonchev–Trinajstić information content (AvgIpc) is 2.21. The standard InChI is InChI=1S/C9H16F3NO3/c1-13-7(8(14)15-2)6-16-5-3-4-9(10,11)12/h7,13H,3-6H2,1-2H3. The Morgan fingerprint density at radius 1 is 1.44 bits per heavy atom. The van der Waals surface area contributed by atoms with Crippen LogP contribution in [-0.4, -0.2) is 45.6 Å². The lowest BCUT2D eigenvalue weighted by Crippen LogP contribution is -2.39. The van der Waals surface area contributed by atoms with Gasteiger partial charge in [0.1, 0.15) is 6.04 Å². The fraction of sp³-hybridized carbons (Fsp3) is 0.889. The number of carbonyl (C=O) groups excluding carboxylic acids is 1. The number of rotatable bonds is 7. The second kappa shape index (κ2) is 7.45. The van der Waals surface area contributed by atoms with Crippen LogP contribution in [0.2, 0.25) is 0 Å². The molecule has 0 saturated heterocycles. The number of methoxy groups -OCH3 is 1. The number of halogens is 3. The van der Waals surface area contributed by atoms with Gasteiger partial charge in [-0.2, -0.15) is 13.2 Å². The number of likely N-dealkylation sites (N-methyl/N-ethyl adjacent to an activating group) is 1. The van der Waals surface area contributed by atoms with E-state index < -0.39 is 24.6 Å². The summed E-state index contributed by atoms with van der Waals surface area (Å²) in [6.45, 7) is -0.0320. The first-order valence-corrected chi connectivity index (χ1v) is 4.80. The van der Waals surface area contributed by atoms with Crippen LogP contribution in [0.4, 0.5) is 13.2 Å². The summed E-state index contributed by atoms with van der Waals surface area (Å²) >= 11 is 0. The van der Waals surface area contributed by atoms with E-state index in [9.17, 15) is 18.0 Å². The molecule has 1 unspecified atom stereocenters. The normalized spacial score (nSPS) is 13.6. The number of esters is 1. The number of nitrogens with one attached hydrogen (secondary N) is 1. The summed E-state index contributed by atoms with van der Waals surface area (Å²) in [7, 11) is 2.77. The van der Waals surface area contributed by atoms with Gasteiger partial charge >= 0.3 is 12.1 Å². The van der Waals surface area contributed by atoms with Gasteiger partial charge < -0.3 is 14.8 Å². The molecule has 0 aliphatic carbocycles. The van der Waals surface area contributed by atoms with Crippen molar-refractivity contribution in [2.24, 2.45) is 0 Å². The molecule has 1 atom stereocenters. The lowest BCUT2D eigenvalue weighted by Gasteiger charge is -2.14. The van der Waals surface area contributed by atoms with E-state index in [-0.39, 0.29) is 19.6 Å². The molecule has 96 valence electrons. The van der Waals surface area contributed by atoms with Gasteiger partial charge in [0.25, 0.3) is 0 Å². The minimum Gasteiger partial charge on any atom is -0.468 e. The summed E-state index contributed by atoms with van der Waals surface area (Å²) in [6.07, 6.45) is -5.15. The Labute approximate surface area is 92.1 Å². The van der Waals surface area contributed by atoms with Gasteiger partial charge in [-0.3, -0.25) is 4.79 Å². The van der Waals surface area contributed by atoms with Gasteiger partial charge in [0, 0.05) is 13.0 Å². The van der Waals surface area contributed by atoms with Crippen LogP contribution in [0.15, 0.2) is 0 Å². The molecule has 0 bridgehead atoms. The van der Waals surface area contributed by atoms with E-state index in [1.165, 1.54) is 7.11 Å². The van der Waals surface area contributed by atoms with Gasteiger partial charge in [-0.15, -0.1) is 0 Å². The van der Waals surface area contributed by atoms with Crippen molar-refractivity contribution in [2.45, 2.75) is 25.1 Å². The van der Waals surface area contributed by atoms with Gasteiger partial charge in [0.15, 0.2) is 0 Å². The first-order chi connectivity index (χ1) is 7.40. The fourth-order valence-corrected chi connectivity index (χ4v) is 0.987. The molecule has 0 radical (unpaired) electrons. The highest BCUT2D eigenvalue weighted by Gasteiger charge is 2.26. The molecule has 7 heteroatoms. The first-order valence-electron chi connectivity index (χ1n) is 4.80. The summed E-state index contributed by atoms with van der Waals surface area (Å²) in [6, 6.07) is -0.643. The fourth-order valence-electron chi connectivity index (χ4n) is 0.987. The van der Waals surface area contributed by atoms with Crippen molar-refractivity contribution < 1.29 is 27.4 Å². The number of carbonyl (C=O) groups is 1. The molecule has 0 fully saturated rings. The molecule has 0 aliphatic rings. The van der Waals surface area contributed by atoms with Crippen molar-refractivity contribution in [2.75, 3.05) is 27.4 Å². The Bertz CT molecular complexity index is 209. The van der Waals surface area contributed by atoms with Gasteiger partial charge in [-0.1, -0.05) is 0 Å². The number of alkyl halides is 3. The van der Waals surface area contributed by atoms with Crippen LogP contribution in [0.25, 0.3) is 0 Å². The van der Waals surface area contributed by atoms with Gasteiger partial charge in [-0.05, 0) is 13.5 Å². The van der Waals surface area contributed by atoms with Crippen LogP contribution in [0.1, 0.15) is 12.8 Å². The maximum absolute atomic E-state index is 11.7. The smallest absolute Gasteiger partial charge is 0.389 e. The largest absolute Gasteiger partial charge is 0.468 e. The minimum atomic E-state index is -4.16. The van der Waals surface area contributed by atoms with E-state index in [4.69, 9.17) is 4.74 Å². The van der Waals surface area contributed by atoms with Crippen molar-refractivity contribution in [3.63, 3.8) is 0 Å². The molecule has 0 aromatic carbocycles. The summed E-state index contributed by atoms with van der Waals surface area (Å²) in [5.74, 6) is -0.502. The van der Waals surface area contributed by atoms with E-state index in [0.717, 1.165) is 0 Å². The second-order valence-corrected chi connectivity index (χ2v) is 3.16. The van der Waals surface area contributed by atoms with Crippen LogP contribution in [0.5, 0.6) is 0 Å². The zero-order chi connectivity index (χ0) is 12.6. The summed E-state index contributed by atoms with van der Waals surface area (Å²) in [4.78, 5) is 11.0. The average molecular weight is 243 g/mol. The molecular formula is C9H16F3NO3. The van der Waals surface area contributed by atoms with Crippen LogP contribution in [0, 0.1) is 0 Å². The third-order valence-corrected chi connectivity index (χ3v) is 1.87. The highest BCUT2D eigenvalue weighted by atomic mass is 19.4. The monoisotopic (exact) mass is 243 g/mol. The Balaban J connectivity index is 3.60. The number of hydrogen-bond acceptors (Lipinski definition) is 4. The molecule has 0 spiro atoms. The highest BCUT2D eigenvalue weighted by molar-refractivity contribution is 5.75. The molecule has 1 N–H and O–H groups in total. The van der Waals surface area contributed by atoms with E-state index in [0.29, 0.717) is 0 Å². The molecule has 0 aliphatic heterocycles. The topological polar surface area (TPSA) is 47.6 Å². The molecule has 4 nitrogen and oxygen atoms in total. The lowest BCUT2D eigenvalue weighted by atomic mass is 10.3.